The first-order valence-electron chi connectivity index (χ1n) is 4.92. The van der Waals surface area contributed by atoms with E-state index in [0.29, 0.717) is 17.6 Å². The molecule has 0 aromatic carbocycles. The van der Waals surface area contributed by atoms with E-state index < -0.39 is 0 Å². The van der Waals surface area contributed by atoms with Gasteiger partial charge in [-0.25, -0.2) is 0 Å². The van der Waals surface area contributed by atoms with Gasteiger partial charge in [0, 0.05) is 5.92 Å². The van der Waals surface area contributed by atoms with E-state index in [1.54, 1.807) is 0 Å². The molecule has 1 aliphatic carbocycles. The Hall–Kier alpha value is -0.590. The maximum absolute atomic E-state index is 11.5. The first-order valence-corrected chi connectivity index (χ1v) is 4.92. The fourth-order valence-electron chi connectivity index (χ4n) is 2.05. The van der Waals surface area contributed by atoms with E-state index in [0.717, 1.165) is 19.3 Å². The highest BCUT2D eigenvalue weighted by molar-refractivity contribution is 5.93. The van der Waals surface area contributed by atoms with Crippen molar-refractivity contribution >= 4 is 5.78 Å². The van der Waals surface area contributed by atoms with Gasteiger partial charge in [-0.15, -0.1) is 0 Å². The normalized spacial score (nSPS) is 30.2. The standard InChI is InChI=1S/C11H18O/c1-4-9-6-8(3)10(5-2)11(12)7-9/h7-8,10H,4-6H2,1-3H3. The van der Waals surface area contributed by atoms with Gasteiger partial charge in [0.25, 0.3) is 0 Å². The molecule has 0 amide bonds. The Labute approximate surface area is 74.9 Å². The summed E-state index contributed by atoms with van der Waals surface area (Å²) in [7, 11) is 0. The van der Waals surface area contributed by atoms with Crippen LogP contribution in [-0.2, 0) is 4.79 Å². The summed E-state index contributed by atoms with van der Waals surface area (Å²) in [4.78, 5) is 11.5. The highest BCUT2D eigenvalue weighted by Crippen LogP contribution is 2.30. The molecule has 0 saturated heterocycles. The highest BCUT2D eigenvalue weighted by Gasteiger charge is 2.26. The molecule has 0 heterocycles. The highest BCUT2D eigenvalue weighted by atomic mass is 16.1. The van der Waals surface area contributed by atoms with E-state index in [2.05, 4.69) is 20.8 Å². The monoisotopic (exact) mass is 166 g/mol. The number of carbonyl (C=O) groups is 1. The summed E-state index contributed by atoms with van der Waals surface area (Å²) in [6.07, 6.45) is 5.02. The third-order valence-corrected chi connectivity index (χ3v) is 2.88. The molecule has 0 aliphatic heterocycles. The van der Waals surface area contributed by atoms with Crippen LogP contribution in [0.5, 0.6) is 0 Å². The van der Waals surface area contributed by atoms with Crippen molar-refractivity contribution in [2.75, 3.05) is 0 Å². The number of rotatable bonds is 2. The number of hydrogen-bond acceptors (Lipinski definition) is 1. The van der Waals surface area contributed by atoms with Crippen molar-refractivity contribution in [2.24, 2.45) is 11.8 Å². The number of carbonyl (C=O) groups excluding carboxylic acids is 1. The molecule has 1 rings (SSSR count). The Bertz CT molecular complexity index is 203. The van der Waals surface area contributed by atoms with Gasteiger partial charge in [-0.05, 0) is 31.3 Å². The van der Waals surface area contributed by atoms with Gasteiger partial charge in [0.2, 0.25) is 0 Å². The molecule has 0 radical (unpaired) electrons. The lowest BCUT2D eigenvalue weighted by molar-refractivity contribution is -0.120. The number of ketones is 1. The maximum Gasteiger partial charge on any atom is 0.158 e. The van der Waals surface area contributed by atoms with E-state index in [4.69, 9.17) is 0 Å². The van der Waals surface area contributed by atoms with Crippen LogP contribution in [0.15, 0.2) is 11.6 Å². The van der Waals surface area contributed by atoms with Crippen LogP contribution in [0.1, 0.15) is 40.0 Å². The van der Waals surface area contributed by atoms with Gasteiger partial charge >= 0.3 is 0 Å². The van der Waals surface area contributed by atoms with Crippen molar-refractivity contribution in [2.45, 2.75) is 40.0 Å². The van der Waals surface area contributed by atoms with Crippen molar-refractivity contribution in [3.8, 4) is 0 Å². The summed E-state index contributed by atoms with van der Waals surface area (Å²) in [5.74, 6) is 1.20. The Morgan fingerprint density at radius 2 is 2.17 bits per heavy atom. The number of hydrogen-bond donors (Lipinski definition) is 0. The van der Waals surface area contributed by atoms with Crippen molar-refractivity contribution < 1.29 is 4.79 Å². The SMILES string of the molecule is CCC1=CC(=O)C(CC)C(C)C1. The average Bonchev–Trinajstić information content (AvgIpc) is 2.03. The van der Waals surface area contributed by atoms with Gasteiger partial charge in [0.05, 0.1) is 0 Å². The zero-order chi connectivity index (χ0) is 9.14. The molecule has 0 bridgehead atoms. The van der Waals surface area contributed by atoms with Crippen molar-refractivity contribution in [1.29, 1.82) is 0 Å². The minimum atomic E-state index is 0.292. The van der Waals surface area contributed by atoms with Gasteiger partial charge in [-0.3, -0.25) is 4.79 Å². The summed E-state index contributed by atoms with van der Waals surface area (Å²) >= 11 is 0. The zero-order valence-corrected chi connectivity index (χ0v) is 8.26. The summed E-state index contributed by atoms with van der Waals surface area (Å²) < 4.78 is 0. The van der Waals surface area contributed by atoms with E-state index in [1.165, 1.54) is 5.57 Å². The maximum atomic E-state index is 11.5. The first-order chi connectivity index (χ1) is 5.69. The van der Waals surface area contributed by atoms with Crippen LogP contribution in [0.3, 0.4) is 0 Å². The molecule has 68 valence electrons. The molecule has 0 aromatic heterocycles. The first kappa shape index (κ1) is 9.50. The van der Waals surface area contributed by atoms with Crippen LogP contribution >= 0.6 is 0 Å². The van der Waals surface area contributed by atoms with Gasteiger partial charge in [-0.2, -0.15) is 0 Å². The zero-order valence-electron chi connectivity index (χ0n) is 8.26. The topological polar surface area (TPSA) is 17.1 Å². The van der Waals surface area contributed by atoms with Crippen molar-refractivity contribution in [3.05, 3.63) is 11.6 Å². The van der Waals surface area contributed by atoms with Gasteiger partial charge < -0.3 is 0 Å². The largest absolute Gasteiger partial charge is 0.295 e. The summed E-state index contributed by atoms with van der Waals surface area (Å²) in [6.45, 7) is 6.41. The van der Waals surface area contributed by atoms with Crippen LogP contribution in [0, 0.1) is 11.8 Å². The molecule has 12 heavy (non-hydrogen) atoms. The Balaban J connectivity index is 2.76. The Morgan fingerprint density at radius 1 is 1.50 bits per heavy atom. The van der Waals surface area contributed by atoms with E-state index in [1.807, 2.05) is 6.08 Å². The third kappa shape index (κ3) is 1.77. The Morgan fingerprint density at radius 3 is 2.58 bits per heavy atom. The van der Waals surface area contributed by atoms with Crippen molar-refractivity contribution in [1.82, 2.24) is 0 Å². The molecule has 0 spiro atoms. The summed E-state index contributed by atoms with van der Waals surface area (Å²) in [5.41, 5.74) is 1.33. The lowest BCUT2D eigenvalue weighted by Crippen LogP contribution is -2.24. The molecule has 0 fully saturated rings. The summed E-state index contributed by atoms with van der Waals surface area (Å²) in [5, 5.41) is 0. The molecule has 1 aliphatic rings. The van der Waals surface area contributed by atoms with Crippen LogP contribution in [0.25, 0.3) is 0 Å². The Kier molecular flexibility index (Phi) is 3.07. The predicted octanol–water partition coefficient (Wildman–Crippen LogP) is 2.96. The van der Waals surface area contributed by atoms with Crippen LogP contribution in [0.4, 0.5) is 0 Å². The summed E-state index contributed by atoms with van der Waals surface area (Å²) in [6, 6.07) is 0. The number of allylic oxidation sites excluding steroid dienone is 2. The second kappa shape index (κ2) is 3.88. The molecule has 0 aromatic rings. The second-order valence-corrected chi connectivity index (χ2v) is 3.75. The fourth-order valence-corrected chi connectivity index (χ4v) is 2.05. The second-order valence-electron chi connectivity index (χ2n) is 3.75. The predicted molar refractivity (Wildman–Crippen MR) is 50.9 cm³/mol. The molecular formula is C11H18O. The van der Waals surface area contributed by atoms with E-state index in [-0.39, 0.29) is 0 Å². The van der Waals surface area contributed by atoms with Gasteiger partial charge in [0.15, 0.2) is 5.78 Å². The molecule has 0 saturated carbocycles. The van der Waals surface area contributed by atoms with E-state index in [9.17, 15) is 4.79 Å². The minimum Gasteiger partial charge on any atom is -0.295 e. The molecule has 1 nitrogen and oxygen atoms in total. The van der Waals surface area contributed by atoms with Crippen LogP contribution in [-0.4, -0.2) is 5.78 Å². The molecular weight excluding hydrogens is 148 g/mol. The molecule has 0 N–H and O–H groups in total. The molecule has 2 unspecified atom stereocenters. The van der Waals surface area contributed by atoms with Crippen LogP contribution in [0.2, 0.25) is 0 Å². The van der Waals surface area contributed by atoms with Crippen LogP contribution < -0.4 is 0 Å². The minimum absolute atomic E-state index is 0.292. The van der Waals surface area contributed by atoms with Gasteiger partial charge in [-0.1, -0.05) is 26.3 Å². The fraction of sp³-hybridized carbons (Fsp3) is 0.727. The quantitative estimate of drug-likeness (QED) is 0.616. The smallest absolute Gasteiger partial charge is 0.158 e. The average molecular weight is 166 g/mol. The van der Waals surface area contributed by atoms with E-state index >= 15 is 0 Å². The molecule has 2 atom stereocenters. The lowest BCUT2D eigenvalue weighted by atomic mass is 9.78. The molecule has 1 heteroatoms. The van der Waals surface area contributed by atoms with Crippen molar-refractivity contribution in [3.63, 3.8) is 0 Å². The van der Waals surface area contributed by atoms with Gasteiger partial charge in [0.1, 0.15) is 0 Å². The third-order valence-electron chi connectivity index (χ3n) is 2.88. The lowest BCUT2D eigenvalue weighted by Gasteiger charge is -2.26.